The first-order valence-electron chi connectivity index (χ1n) is 7.21. The van der Waals surface area contributed by atoms with Gasteiger partial charge in [-0.1, -0.05) is 29.8 Å². The monoisotopic (exact) mass is 343 g/mol. The Balaban J connectivity index is 1.81. The lowest BCUT2D eigenvalue weighted by atomic mass is 10.3. The molecule has 1 aromatic carbocycles. The lowest BCUT2D eigenvalue weighted by molar-refractivity contribution is -0.118. The highest BCUT2D eigenvalue weighted by molar-refractivity contribution is 6.30. The normalized spacial score (nSPS) is 10.6. The summed E-state index contributed by atoms with van der Waals surface area (Å²) in [6, 6.07) is 12.2. The predicted octanol–water partition coefficient (Wildman–Crippen LogP) is 2.67. The standard InChI is InChI=1S/C17H14ClN3O3/c1-11-16(17(23)21-9-12(18)7-8-14(21)19-11)20-15(22)10-24-13-5-3-2-4-6-13/h2-9H,10H2,1H3,(H,20,22). The van der Waals surface area contributed by atoms with Crippen LogP contribution >= 0.6 is 11.6 Å². The Hall–Kier alpha value is -2.86. The number of ether oxygens (including phenoxy) is 1. The van der Waals surface area contributed by atoms with Crippen molar-refractivity contribution in [3.63, 3.8) is 0 Å². The largest absolute Gasteiger partial charge is 0.484 e. The number of para-hydroxylation sites is 1. The number of pyridine rings is 1. The molecule has 2 heterocycles. The molecule has 0 aliphatic heterocycles. The van der Waals surface area contributed by atoms with Crippen molar-refractivity contribution in [2.75, 3.05) is 11.9 Å². The van der Waals surface area contributed by atoms with Crippen molar-refractivity contribution in [3.8, 4) is 5.75 Å². The van der Waals surface area contributed by atoms with Crippen LogP contribution in [0.1, 0.15) is 5.69 Å². The average molecular weight is 344 g/mol. The molecule has 0 aliphatic rings. The van der Waals surface area contributed by atoms with Crippen molar-refractivity contribution in [1.29, 1.82) is 0 Å². The number of aromatic nitrogens is 2. The van der Waals surface area contributed by atoms with Gasteiger partial charge in [0.15, 0.2) is 6.61 Å². The maximum absolute atomic E-state index is 12.5. The second-order valence-corrected chi connectivity index (χ2v) is 5.54. The molecule has 0 aliphatic carbocycles. The first-order valence-corrected chi connectivity index (χ1v) is 7.58. The average Bonchev–Trinajstić information content (AvgIpc) is 2.58. The Labute approximate surface area is 142 Å². The van der Waals surface area contributed by atoms with Gasteiger partial charge in [0.1, 0.15) is 17.1 Å². The Kier molecular flexibility index (Phi) is 4.48. The third-order valence-electron chi connectivity index (χ3n) is 3.35. The number of carbonyl (C=O) groups excluding carboxylic acids is 1. The summed E-state index contributed by atoms with van der Waals surface area (Å²) in [6.07, 6.45) is 1.46. The summed E-state index contributed by atoms with van der Waals surface area (Å²) in [5, 5.41) is 2.96. The summed E-state index contributed by atoms with van der Waals surface area (Å²) in [6.45, 7) is 1.45. The first kappa shape index (κ1) is 16.0. The molecule has 122 valence electrons. The number of fused-ring (bicyclic) bond motifs is 1. The number of aryl methyl sites for hydroxylation is 1. The molecule has 2 aromatic heterocycles. The van der Waals surface area contributed by atoms with Gasteiger partial charge in [0.05, 0.1) is 10.7 Å². The molecule has 0 spiro atoms. The van der Waals surface area contributed by atoms with E-state index in [-0.39, 0.29) is 12.3 Å². The number of benzene rings is 1. The van der Waals surface area contributed by atoms with Crippen LogP contribution < -0.4 is 15.6 Å². The molecule has 0 unspecified atom stereocenters. The highest BCUT2D eigenvalue weighted by atomic mass is 35.5. The van der Waals surface area contributed by atoms with E-state index >= 15 is 0 Å². The number of nitrogens with one attached hydrogen (secondary N) is 1. The summed E-state index contributed by atoms with van der Waals surface area (Å²) in [5.74, 6) is 0.132. The van der Waals surface area contributed by atoms with Gasteiger partial charge in [-0.2, -0.15) is 0 Å². The molecule has 0 fully saturated rings. The van der Waals surface area contributed by atoms with Crippen LogP contribution in [0.4, 0.5) is 5.69 Å². The highest BCUT2D eigenvalue weighted by Gasteiger charge is 2.13. The molecule has 0 atom stereocenters. The van der Waals surface area contributed by atoms with Gasteiger partial charge in [0.2, 0.25) is 0 Å². The number of halogens is 1. The topological polar surface area (TPSA) is 72.7 Å². The zero-order valence-corrected chi connectivity index (χ0v) is 13.6. The van der Waals surface area contributed by atoms with E-state index in [2.05, 4.69) is 10.3 Å². The third-order valence-corrected chi connectivity index (χ3v) is 3.57. The summed E-state index contributed by atoms with van der Waals surface area (Å²) in [7, 11) is 0. The number of hydrogen-bond donors (Lipinski definition) is 1. The number of rotatable bonds is 4. The molecule has 1 N–H and O–H groups in total. The zero-order chi connectivity index (χ0) is 17.1. The second kappa shape index (κ2) is 6.72. The lowest BCUT2D eigenvalue weighted by Gasteiger charge is -2.10. The van der Waals surface area contributed by atoms with Crippen molar-refractivity contribution in [3.05, 3.63) is 69.7 Å². The predicted molar refractivity (Wildman–Crippen MR) is 91.8 cm³/mol. The van der Waals surface area contributed by atoms with E-state index < -0.39 is 11.5 Å². The van der Waals surface area contributed by atoms with E-state index in [0.717, 1.165) is 0 Å². The van der Waals surface area contributed by atoms with Gasteiger partial charge < -0.3 is 10.1 Å². The van der Waals surface area contributed by atoms with Crippen LogP contribution in [0, 0.1) is 6.92 Å². The Morgan fingerprint density at radius 1 is 1.25 bits per heavy atom. The van der Waals surface area contributed by atoms with E-state index in [1.54, 1.807) is 43.3 Å². The summed E-state index contributed by atoms with van der Waals surface area (Å²) in [5.41, 5.74) is 0.598. The van der Waals surface area contributed by atoms with Crippen molar-refractivity contribution in [2.24, 2.45) is 0 Å². The Morgan fingerprint density at radius 2 is 2.00 bits per heavy atom. The molecule has 24 heavy (non-hydrogen) atoms. The molecule has 0 bridgehead atoms. The van der Waals surface area contributed by atoms with E-state index in [1.165, 1.54) is 10.6 Å². The van der Waals surface area contributed by atoms with Crippen LogP contribution in [-0.4, -0.2) is 21.9 Å². The van der Waals surface area contributed by atoms with Crippen LogP contribution in [-0.2, 0) is 4.79 Å². The number of amides is 1. The smallest absolute Gasteiger partial charge is 0.281 e. The molecule has 1 amide bonds. The highest BCUT2D eigenvalue weighted by Crippen LogP contribution is 2.13. The fourth-order valence-corrected chi connectivity index (χ4v) is 2.37. The Bertz CT molecular complexity index is 954. The van der Waals surface area contributed by atoms with Crippen molar-refractivity contribution < 1.29 is 9.53 Å². The van der Waals surface area contributed by atoms with Gasteiger partial charge in [-0.3, -0.25) is 14.0 Å². The van der Waals surface area contributed by atoms with Crippen LogP contribution in [0.25, 0.3) is 5.65 Å². The van der Waals surface area contributed by atoms with Gasteiger partial charge in [0.25, 0.3) is 11.5 Å². The fourth-order valence-electron chi connectivity index (χ4n) is 2.21. The SMILES string of the molecule is Cc1nc2ccc(Cl)cn2c(=O)c1NC(=O)COc1ccccc1. The summed E-state index contributed by atoms with van der Waals surface area (Å²) in [4.78, 5) is 28.9. The summed E-state index contributed by atoms with van der Waals surface area (Å²) >= 11 is 5.91. The van der Waals surface area contributed by atoms with Crippen molar-refractivity contribution >= 4 is 28.8 Å². The van der Waals surface area contributed by atoms with Crippen molar-refractivity contribution in [1.82, 2.24) is 9.38 Å². The van der Waals surface area contributed by atoms with E-state index in [0.29, 0.717) is 22.1 Å². The zero-order valence-electron chi connectivity index (χ0n) is 12.8. The van der Waals surface area contributed by atoms with Gasteiger partial charge in [-0.15, -0.1) is 0 Å². The molecular weight excluding hydrogens is 330 g/mol. The number of anilines is 1. The van der Waals surface area contributed by atoms with Crippen LogP contribution in [0.5, 0.6) is 5.75 Å². The quantitative estimate of drug-likeness (QED) is 0.790. The van der Waals surface area contributed by atoms with Gasteiger partial charge >= 0.3 is 0 Å². The van der Waals surface area contributed by atoms with Crippen LogP contribution in [0.2, 0.25) is 5.02 Å². The molecule has 0 radical (unpaired) electrons. The van der Waals surface area contributed by atoms with E-state index in [1.807, 2.05) is 6.07 Å². The maximum atomic E-state index is 12.5. The first-order chi connectivity index (χ1) is 11.5. The minimum Gasteiger partial charge on any atom is -0.484 e. The number of carbonyl (C=O) groups is 1. The van der Waals surface area contributed by atoms with Gasteiger partial charge in [0, 0.05) is 6.20 Å². The van der Waals surface area contributed by atoms with E-state index in [4.69, 9.17) is 16.3 Å². The minimum atomic E-state index is -0.442. The number of nitrogens with zero attached hydrogens (tertiary/aromatic N) is 2. The summed E-state index contributed by atoms with van der Waals surface area (Å²) < 4.78 is 6.66. The van der Waals surface area contributed by atoms with Crippen molar-refractivity contribution in [2.45, 2.75) is 6.92 Å². The van der Waals surface area contributed by atoms with Gasteiger partial charge in [-0.05, 0) is 31.2 Å². The third kappa shape index (κ3) is 3.38. The maximum Gasteiger partial charge on any atom is 0.281 e. The lowest BCUT2D eigenvalue weighted by Crippen LogP contribution is -2.28. The Morgan fingerprint density at radius 3 is 2.75 bits per heavy atom. The molecule has 0 saturated carbocycles. The minimum absolute atomic E-state index is 0.108. The van der Waals surface area contributed by atoms with Crippen LogP contribution in [0.15, 0.2) is 53.5 Å². The molecule has 3 aromatic rings. The van der Waals surface area contributed by atoms with Gasteiger partial charge in [-0.25, -0.2) is 4.98 Å². The molecule has 0 saturated heterocycles. The van der Waals surface area contributed by atoms with Crippen LogP contribution in [0.3, 0.4) is 0 Å². The molecule has 3 rings (SSSR count). The second-order valence-electron chi connectivity index (χ2n) is 5.10. The fraction of sp³-hybridized carbons (Fsp3) is 0.118. The number of hydrogen-bond acceptors (Lipinski definition) is 4. The molecular formula is C17H14ClN3O3. The molecule has 6 nitrogen and oxygen atoms in total. The molecule has 7 heteroatoms. The van der Waals surface area contributed by atoms with E-state index in [9.17, 15) is 9.59 Å².